The van der Waals surface area contributed by atoms with Gasteiger partial charge in [-0.05, 0) is 50.5 Å². The van der Waals surface area contributed by atoms with Crippen LogP contribution in [-0.4, -0.2) is 40.7 Å². The SMILES string of the molecule is Cc1cc(C)cc(CC(=O)N2CCC2(C)C(=O)N(C)Cc2ccc(Br)cc2)c1. The van der Waals surface area contributed by atoms with Gasteiger partial charge in [0, 0.05) is 24.6 Å². The van der Waals surface area contributed by atoms with Crippen molar-refractivity contribution in [2.24, 2.45) is 0 Å². The van der Waals surface area contributed by atoms with Crippen molar-refractivity contribution in [1.29, 1.82) is 0 Å². The normalized spacial score (nSPS) is 18.5. The monoisotopic (exact) mass is 442 g/mol. The van der Waals surface area contributed by atoms with E-state index in [1.807, 2.05) is 57.2 Å². The van der Waals surface area contributed by atoms with Crippen molar-refractivity contribution >= 4 is 27.7 Å². The highest BCUT2D eigenvalue weighted by Crippen LogP contribution is 2.33. The molecular formula is C23H27BrN2O2. The molecule has 5 heteroatoms. The third-order valence-electron chi connectivity index (χ3n) is 5.50. The Bertz CT molecular complexity index is 874. The number of nitrogens with zero attached hydrogens (tertiary/aromatic N) is 2. The van der Waals surface area contributed by atoms with Crippen LogP contribution >= 0.6 is 15.9 Å². The standard InChI is InChI=1S/C23H27BrN2O2/c1-16-11-17(2)13-19(12-16)14-21(27)26-10-9-23(26,3)22(28)25(4)15-18-5-7-20(24)8-6-18/h5-8,11-13H,9-10,14-15H2,1-4H3. The van der Waals surface area contributed by atoms with Gasteiger partial charge < -0.3 is 9.80 Å². The molecule has 3 rings (SSSR count). The van der Waals surface area contributed by atoms with E-state index < -0.39 is 5.54 Å². The molecule has 148 valence electrons. The minimum absolute atomic E-state index is 0.00422. The molecule has 2 aromatic carbocycles. The minimum atomic E-state index is -0.750. The summed E-state index contributed by atoms with van der Waals surface area (Å²) in [4.78, 5) is 29.5. The first kappa shape index (κ1) is 20.6. The van der Waals surface area contributed by atoms with E-state index in [1.165, 1.54) is 0 Å². The lowest BCUT2D eigenvalue weighted by Crippen LogP contribution is -2.67. The van der Waals surface area contributed by atoms with Crippen LogP contribution in [0.2, 0.25) is 0 Å². The second kappa shape index (κ2) is 8.08. The van der Waals surface area contributed by atoms with Crippen LogP contribution in [0.25, 0.3) is 0 Å². The average molecular weight is 443 g/mol. The fourth-order valence-electron chi connectivity index (χ4n) is 3.97. The molecule has 0 bridgehead atoms. The highest BCUT2D eigenvalue weighted by molar-refractivity contribution is 9.10. The molecule has 28 heavy (non-hydrogen) atoms. The lowest BCUT2D eigenvalue weighted by molar-refractivity contribution is -0.163. The topological polar surface area (TPSA) is 40.6 Å². The molecule has 0 radical (unpaired) electrons. The number of aryl methyl sites for hydroxylation is 2. The molecule has 1 aliphatic rings. The predicted octanol–water partition coefficient (Wildman–Crippen LogP) is 4.26. The highest BCUT2D eigenvalue weighted by Gasteiger charge is 2.50. The number of likely N-dealkylation sites (tertiary alicyclic amines) is 1. The summed E-state index contributed by atoms with van der Waals surface area (Å²) in [5.74, 6) is 0.0135. The van der Waals surface area contributed by atoms with Gasteiger partial charge in [0.05, 0.1) is 6.42 Å². The Kier molecular flexibility index (Phi) is 5.94. The first-order valence-corrected chi connectivity index (χ1v) is 10.4. The maximum Gasteiger partial charge on any atom is 0.248 e. The van der Waals surface area contributed by atoms with Crippen LogP contribution in [0.1, 0.15) is 35.6 Å². The van der Waals surface area contributed by atoms with Gasteiger partial charge in [-0.1, -0.05) is 57.4 Å². The Hall–Kier alpha value is -2.14. The second-order valence-electron chi connectivity index (χ2n) is 8.03. The summed E-state index contributed by atoms with van der Waals surface area (Å²) < 4.78 is 1.01. The number of rotatable bonds is 5. The van der Waals surface area contributed by atoms with Crippen LogP contribution in [-0.2, 0) is 22.6 Å². The van der Waals surface area contributed by atoms with Gasteiger partial charge in [-0.2, -0.15) is 0 Å². The van der Waals surface area contributed by atoms with Crippen LogP contribution in [0.5, 0.6) is 0 Å². The maximum absolute atomic E-state index is 13.1. The van der Waals surface area contributed by atoms with Gasteiger partial charge in [-0.3, -0.25) is 9.59 Å². The number of amides is 2. The molecule has 0 spiro atoms. The van der Waals surface area contributed by atoms with Crippen molar-refractivity contribution < 1.29 is 9.59 Å². The fourth-order valence-corrected chi connectivity index (χ4v) is 4.23. The number of carbonyl (C=O) groups is 2. The first-order valence-electron chi connectivity index (χ1n) is 9.57. The zero-order valence-corrected chi connectivity index (χ0v) is 18.5. The lowest BCUT2D eigenvalue weighted by Gasteiger charge is -2.50. The van der Waals surface area contributed by atoms with Gasteiger partial charge in [0.25, 0.3) is 0 Å². The van der Waals surface area contributed by atoms with E-state index in [-0.39, 0.29) is 11.8 Å². The van der Waals surface area contributed by atoms with Crippen molar-refractivity contribution in [3.8, 4) is 0 Å². The number of carbonyl (C=O) groups excluding carboxylic acids is 2. The third kappa shape index (κ3) is 4.30. The van der Waals surface area contributed by atoms with Gasteiger partial charge in [0.2, 0.25) is 11.8 Å². The van der Waals surface area contributed by atoms with Gasteiger partial charge in [0.1, 0.15) is 5.54 Å². The molecule has 1 atom stereocenters. The Morgan fingerprint density at radius 3 is 2.21 bits per heavy atom. The Morgan fingerprint density at radius 1 is 1.07 bits per heavy atom. The average Bonchev–Trinajstić information content (AvgIpc) is 2.60. The maximum atomic E-state index is 13.1. The van der Waals surface area contributed by atoms with Crippen LogP contribution in [0.15, 0.2) is 46.9 Å². The zero-order valence-electron chi connectivity index (χ0n) is 17.0. The van der Waals surface area contributed by atoms with Crippen LogP contribution < -0.4 is 0 Å². The summed E-state index contributed by atoms with van der Waals surface area (Å²) >= 11 is 3.43. The largest absolute Gasteiger partial charge is 0.339 e. The molecule has 2 aromatic rings. The quantitative estimate of drug-likeness (QED) is 0.693. The van der Waals surface area contributed by atoms with Crippen molar-refractivity contribution in [1.82, 2.24) is 9.80 Å². The Morgan fingerprint density at radius 2 is 1.68 bits per heavy atom. The Labute approximate surface area is 175 Å². The summed E-state index contributed by atoms with van der Waals surface area (Å²) in [7, 11) is 1.81. The molecule has 0 N–H and O–H groups in total. The van der Waals surface area contributed by atoms with Crippen LogP contribution in [0.3, 0.4) is 0 Å². The van der Waals surface area contributed by atoms with Gasteiger partial charge >= 0.3 is 0 Å². The van der Waals surface area contributed by atoms with E-state index >= 15 is 0 Å². The van der Waals surface area contributed by atoms with Crippen LogP contribution in [0, 0.1) is 13.8 Å². The summed E-state index contributed by atoms with van der Waals surface area (Å²) in [5, 5.41) is 0. The molecule has 1 saturated heterocycles. The molecular weight excluding hydrogens is 416 g/mol. The summed E-state index contributed by atoms with van der Waals surface area (Å²) in [6.45, 7) is 7.12. The predicted molar refractivity (Wildman–Crippen MR) is 115 cm³/mol. The van der Waals surface area contributed by atoms with E-state index in [4.69, 9.17) is 0 Å². The summed E-state index contributed by atoms with van der Waals surface area (Å²) in [6.07, 6.45) is 1.04. The molecule has 0 aliphatic carbocycles. The third-order valence-corrected chi connectivity index (χ3v) is 6.02. The lowest BCUT2D eigenvalue weighted by atomic mass is 9.84. The van der Waals surface area contributed by atoms with Crippen molar-refractivity contribution in [3.05, 3.63) is 69.2 Å². The number of hydrogen-bond donors (Lipinski definition) is 0. The minimum Gasteiger partial charge on any atom is -0.339 e. The van der Waals surface area contributed by atoms with E-state index in [2.05, 4.69) is 22.0 Å². The van der Waals surface area contributed by atoms with E-state index in [1.54, 1.807) is 16.8 Å². The van der Waals surface area contributed by atoms with Crippen molar-refractivity contribution in [3.63, 3.8) is 0 Å². The second-order valence-corrected chi connectivity index (χ2v) is 8.95. The zero-order chi connectivity index (χ0) is 20.5. The molecule has 2 amide bonds. The number of benzene rings is 2. The number of halogens is 1. The van der Waals surface area contributed by atoms with E-state index in [0.717, 1.165) is 26.7 Å². The summed E-state index contributed by atoms with van der Waals surface area (Å²) in [5.41, 5.74) is 3.63. The number of hydrogen-bond acceptors (Lipinski definition) is 2. The van der Waals surface area contributed by atoms with Gasteiger partial charge in [-0.25, -0.2) is 0 Å². The molecule has 1 fully saturated rings. The summed E-state index contributed by atoms with van der Waals surface area (Å²) in [6, 6.07) is 14.1. The molecule has 0 aromatic heterocycles. The van der Waals surface area contributed by atoms with E-state index in [9.17, 15) is 9.59 Å². The first-order chi connectivity index (χ1) is 13.2. The van der Waals surface area contributed by atoms with Crippen molar-refractivity contribution in [2.75, 3.05) is 13.6 Å². The molecule has 1 unspecified atom stereocenters. The van der Waals surface area contributed by atoms with Crippen molar-refractivity contribution in [2.45, 2.75) is 45.7 Å². The molecule has 0 saturated carbocycles. The fraction of sp³-hybridized carbons (Fsp3) is 0.391. The smallest absolute Gasteiger partial charge is 0.248 e. The molecule has 1 heterocycles. The van der Waals surface area contributed by atoms with Gasteiger partial charge in [-0.15, -0.1) is 0 Å². The van der Waals surface area contributed by atoms with Gasteiger partial charge in [0.15, 0.2) is 0 Å². The highest BCUT2D eigenvalue weighted by atomic mass is 79.9. The number of likely N-dealkylation sites (N-methyl/N-ethyl adjacent to an activating group) is 1. The van der Waals surface area contributed by atoms with E-state index in [0.29, 0.717) is 25.9 Å². The molecule has 4 nitrogen and oxygen atoms in total. The molecule has 1 aliphatic heterocycles. The Balaban J connectivity index is 1.67. The van der Waals surface area contributed by atoms with Crippen LogP contribution in [0.4, 0.5) is 0 Å².